The molecule has 0 unspecified atom stereocenters. The van der Waals surface area contributed by atoms with Gasteiger partial charge in [-0.25, -0.2) is 0 Å². The molecule has 4 heterocycles. The maximum Gasteiger partial charge on any atom is 0.264 e. The number of ether oxygens (including phenoxy) is 2. The molecule has 0 saturated carbocycles. The van der Waals surface area contributed by atoms with E-state index in [9.17, 15) is 9.59 Å². The molecule has 8 heteroatoms. The highest BCUT2D eigenvalue weighted by Crippen LogP contribution is 2.33. The fraction of sp³-hybridized carbons (Fsp3) is 0.300. The lowest BCUT2D eigenvalue weighted by molar-refractivity contribution is 0.0721. The molecule has 2 aliphatic rings. The third kappa shape index (κ3) is 3.12. The van der Waals surface area contributed by atoms with Gasteiger partial charge in [-0.3, -0.25) is 9.59 Å². The average molecular weight is 415 g/mol. The summed E-state index contributed by atoms with van der Waals surface area (Å²) in [6, 6.07) is 9.30. The zero-order chi connectivity index (χ0) is 19.1. The van der Waals surface area contributed by atoms with Crippen LogP contribution >= 0.6 is 22.7 Å². The van der Waals surface area contributed by atoms with E-state index in [4.69, 9.17) is 9.47 Å². The lowest BCUT2D eigenvalue weighted by Gasteiger charge is -2.22. The van der Waals surface area contributed by atoms with E-state index in [1.54, 1.807) is 40.9 Å². The number of thiophene rings is 2. The van der Waals surface area contributed by atoms with Gasteiger partial charge in [0.25, 0.3) is 11.8 Å². The fourth-order valence-corrected chi connectivity index (χ4v) is 5.64. The summed E-state index contributed by atoms with van der Waals surface area (Å²) >= 11 is 3.20. The third-order valence-corrected chi connectivity index (χ3v) is 7.12. The van der Waals surface area contributed by atoms with Crippen molar-refractivity contribution in [1.82, 2.24) is 9.80 Å². The molecule has 144 valence electrons. The van der Waals surface area contributed by atoms with Crippen molar-refractivity contribution >= 4 is 43.9 Å². The van der Waals surface area contributed by atoms with Gasteiger partial charge in [0.15, 0.2) is 11.5 Å². The minimum Gasteiger partial charge on any atom is -0.454 e. The molecule has 2 aromatic heterocycles. The van der Waals surface area contributed by atoms with Gasteiger partial charge in [-0.2, -0.15) is 0 Å². The number of rotatable bonds is 2. The van der Waals surface area contributed by atoms with E-state index in [1.807, 2.05) is 21.2 Å². The van der Waals surface area contributed by atoms with Crippen molar-refractivity contribution in [2.75, 3.05) is 33.0 Å². The molecule has 1 aromatic carbocycles. The highest BCUT2D eigenvalue weighted by molar-refractivity contribution is 7.27. The number of carbonyl (C=O) groups is 2. The van der Waals surface area contributed by atoms with E-state index in [2.05, 4.69) is 6.07 Å². The number of hydrogen-bond donors (Lipinski definition) is 0. The second-order valence-electron chi connectivity index (χ2n) is 6.77. The molecule has 0 aliphatic carbocycles. The first-order chi connectivity index (χ1) is 13.7. The van der Waals surface area contributed by atoms with Crippen LogP contribution in [0, 0.1) is 0 Å². The van der Waals surface area contributed by atoms with Crippen LogP contribution in [0.4, 0.5) is 0 Å². The van der Waals surface area contributed by atoms with E-state index in [-0.39, 0.29) is 18.6 Å². The number of fused-ring (bicyclic) bond motifs is 2. The van der Waals surface area contributed by atoms with Crippen molar-refractivity contribution < 1.29 is 19.1 Å². The van der Waals surface area contributed by atoms with Gasteiger partial charge in [-0.15, -0.1) is 22.7 Å². The first-order valence-electron chi connectivity index (χ1n) is 9.14. The summed E-state index contributed by atoms with van der Waals surface area (Å²) in [5.41, 5.74) is 0.586. The highest BCUT2D eigenvalue weighted by atomic mass is 32.1. The van der Waals surface area contributed by atoms with Crippen LogP contribution < -0.4 is 9.47 Å². The van der Waals surface area contributed by atoms with Crippen molar-refractivity contribution in [3.8, 4) is 11.5 Å². The Balaban J connectivity index is 1.28. The lowest BCUT2D eigenvalue weighted by Crippen LogP contribution is -2.37. The maximum absolute atomic E-state index is 12.9. The molecule has 6 nitrogen and oxygen atoms in total. The summed E-state index contributed by atoms with van der Waals surface area (Å²) in [7, 11) is 0. The second-order valence-corrected chi connectivity index (χ2v) is 8.80. The molecular weight excluding hydrogens is 396 g/mol. The van der Waals surface area contributed by atoms with Gasteiger partial charge in [0.2, 0.25) is 6.79 Å². The molecule has 0 N–H and O–H groups in total. The van der Waals surface area contributed by atoms with Crippen molar-refractivity contribution in [3.63, 3.8) is 0 Å². The van der Waals surface area contributed by atoms with Gasteiger partial charge in [0.05, 0.1) is 4.88 Å². The molecule has 0 bridgehead atoms. The lowest BCUT2D eigenvalue weighted by atomic mass is 10.1. The monoisotopic (exact) mass is 414 g/mol. The molecule has 3 aromatic rings. The Kier molecular flexibility index (Phi) is 4.44. The Labute approximate surface area is 169 Å². The summed E-state index contributed by atoms with van der Waals surface area (Å²) in [4.78, 5) is 30.3. The molecule has 2 amide bonds. The molecule has 1 fully saturated rings. The number of hydrogen-bond acceptors (Lipinski definition) is 6. The van der Waals surface area contributed by atoms with Crippen molar-refractivity contribution in [2.24, 2.45) is 0 Å². The average Bonchev–Trinajstić information content (AvgIpc) is 3.38. The van der Waals surface area contributed by atoms with Gasteiger partial charge in [0, 0.05) is 41.1 Å². The van der Waals surface area contributed by atoms with E-state index >= 15 is 0 Å². The van der Waals surface area contributed by atoms with Gasteiger partial charge in [0.1, 0.15) is 0 Å². The minimum atomic E-state index is -0.0377. The Morgan fingerprint density at radius 2 is 1.64 bits per heavy atom. The van der Waals surface area contributed by atoms with Crippen LogP contribution in [-0.2, 0) is 0 Å². The van der Waals surface area contributed by atoms with Crippen LogP contribution in [0.25, 0.3) is 9.40 Å². The quantitative estimate of drug-likeness (QED) is 0.642. The summed E-state index contributed by atoms with van der Waals surface area (Å²) < 4.78 is 13.0. The summed E-state index contributed by atoms with van der Waals surface area (Å²) in [5.74, 6) is 1.30. The Hall–Kier alpha value is -2.58. The SMILES string of the molecule is O=C(c1ccc2c(c1)OCO2)N1CCCN(C(=O)c2cc3sccc3s2)CC1. The molecule has 0 spiro atoms. The van der Waals surface area contributed by atoms with Crippen LogP contribution in [0.2, 0.25) is 0 Å². The predicted octanol–water partition coefficient (Wildman–Crippen LogP) is 3.68. The van der Waals surface area contributed by atoms with E-state index in [0.717, 1.165) is 20.7 Å². The van der Waals surface area contributed by atoms with Crippen molar-refractivity contribution in [2.45, 2.75) is 6.42 Å². The smallest absolute Gasteiger partial charge is 0.264 e. The van der Waals surface area contributed by atoms with Crippen molar-refractivity contribution in [3.05, 3.63) is 46.2 Å². The van der Waals surface area contributed by atoms with Gasteiger partial charge in [-0.1, -0.05) is 0 Å². The Morgan fingerprint density at radius 3 is 2.46 bits per heavy atom. The van der Waals surface area contributed by atoms with Crippen LogP contribution in [0.15, 0.2) is 35.7 Å². The molecule has 2 aliphatic heterocycles. The van der Waals surface area contributed by atoms with Gasteiger partial charge in [-0.05, 0) is 42.1 Å². The zero-order valence-electron chi connectivity index (χ0n) is 15.1. The van der Waals surface area contributed by atoms with E-state index in [1.165, 1.54) is 0 Å². The van der Waals surface area contributed by atoms with Gasteiger partial charge >= 0.3 is 0 Å². The molecule has 5 rings (SSSR count). The normalized spacial score (nSPS) is 16.4. The fourth-order valence-electron chi connectivity index (χ4n) is 3.56. The van der Waals surface area contributed by atoms with Crippen LogP contribution in [0.5, 0.6) is 11.5 Å². The molecule has 1 saturated heterocycles. The predicted molar refractivity (Wildman–Crippen MR) is 109 cm³/mol. The van der Waals surface area contributed by atoms with Crippen LogP contribution in [-0.4, -0.2) is 54.6 Å². The molecule has 0 atom stereocenters. The molecular formula is C20H18N2O4S2. The standard InChI is InChI=1S/C20H18N2O4S2/c23-19(13-2-3-14-15(10-13)26-12-25-14)21-5-1-6-22(8-7-21)20(24)18-11-17-16(28-18)4-9-27-17/h2-4,9-11H,1,5-8,12H2. The number of benzene rings is 1. The van der Waals surface area contributed by atoms with Crippen LogP contribution in [0.1, 0.15) is 26.5 Å². The first-order valence-corrected chi connectivity index (χ1v) is 10.8. The number of amides is 2. The van der Waals surface area contributed by atoms with Gasteiger partial charge < -0.3 is 19.3 Å². The topological polar surface area (TPSA) is 59.1 Å². The van der Waals surface area contributed by atoms with E-state index < -0.39 is 0 Å². The second kappa shape index (κ2) is 7.10. The largest absolute Gasteiger partial charge is 0.454 e. The van der Waals surface area contributed by atoms with Crippen molar-refractivity contribution in [1.29, 1.82) is 0 Å². The maximum atomic E-state index is 12.9. The first kappa shape index (κ1) is 17.5. The number of carbonyl (C=O) groups excluding carboxylic acids is 2. The van der Waals surface area contributed by atoms with E-state index in [0.29, 0.717) is 43.2 Å². The zero-order valence-corrected chi connectivity index (χ0v) is 16.7. The highest BCUT2D eigenvalue weighted by Gasteiger charge is 2.25. The van der Waals surface area contributed by atoms with Crippen LogP contribution in [0.3, 0.4) is 0 Å². The molecule has 28 heavy (non-hydrogen) atoms. The Bertz CT molecular complexity index is 1030. The summed E-state index contributed by atoms with van der Waals surface area (Å²) in [6.07, 6.45) is 0.766. The number of nitrogens with zero attached hydrogens (tertiary/aromatic N) is 2. The third-order valence-electron chi connectivity index (χ3n) is 5.04. The molecule has 0 radical (unpaired) electrons. The summed E-state index contributed by atoms with van der Waals surface area (Å²) in [5, 5.41) is 2.04. The minimum absolute atomic E-state index is 0.0377. The summed E-state index contributed by atoms with van der Waals surface area (Å²) in [6.45, 7) is 2.56. The Morgan fingerprint density at radius 1 is 0.857 bits per heavy atom.